The minimum Gasteiger partial charge on any atom is -0.396 e. The summed E-state index contributed by atoms with van der Waals surface area (Å²) in [7, 11) is 0. The maximum absolute atomic E-state index is 8.93. The molecule has 0 aliphatic heterocycles. The lowest BCUT2D eigenvalue weighted by Crippen LogP contribution is -2.27. The van der Waals surface area contributed by atoms with Gasteiger partial charge in [-0.05, 0) is 24.8 Å². The van der Waals surface area contributed by atoms with Crippen LogP contribution in [0.4, 0.5) is 5.95 Å². The highest BCUT2D eigenvalue weighted by atomic mass is 16.3. The first-order valence-corrected chi connectivity index (χ1v) is 5.29. The van der Waals surface area contributed by atoms with E-state index < -0.39 is 0 Å². The Morgan fingerprint density at radius 3 is 2.40 bits per heavy atom. The van der Waals surface area contributed by atoms with Gasteiger partial charge < -0.3 is 10.4 Å². The van der Waals surface area contributed by atoms with E-state index in [0.717, 1.165) is 12.0 Å². The summed E-state index contributed by atoms with van der Waals surface area (Å²) in [6.45, 7) is 6.36. The Hall–Kier alpha value is -1.16. The van der Waals surface area contributed by atoms with E-state index in [0.29, 0.717) is 11.9 Å². The van der Waals surface area contributed by atoms with Crippen molar-refractivity contribution in [2.75, 3.05) is 11.9 Å². The second kappa shape index (κ2) is 5.66. The van der Waals surface area contributed by atoms with Crippen LogP contribution in [0.1, 0.15) is 25.8 Å². The molecule has 84 valence electrons. The first kappa shape index (κ1) is 11.9. The summed E-state index contributed by atoms with van der Waals surface area (Å²) >= 11 is 0. The van der Waals surface area contributed by atoms with Gasteiger partial charge in [0.1, 0.15) is 0 Å². The molecule has 0 amide bonds. The topological polar surface area (TPSA) is 58.0 Å². The highest BCUT2D eigenvalue weighted by molar-refractivity contribution is 5.26. The van der Waals surface area contributed by atoms with Crippen molar-refractivity contribution in [1.29, 1.82) is 0 Å². The molecule has 1 aromatic rings. The number of rotatable bonds is 5. The van der Waals surface area contributed by atoms with Crippen LogP contribution >= 0.6 is 0 Å². The lowest BCUT2D eigenvalue weighted by Gasteiger charge is -2.21. The van der Waals surface area contributed by atoms with E-state index in [1.807, 2.05) is 6.92 Å². The first-order chi connectivity index (χ1) is 7.13. The summed E-state index contributed by atoms with van der Waals surface area (Å²) in [6.07, 6.45) is 4.28. The Bertz CT molecular complexity index is 284. The average Bonchev–Trinajstić information content (AvgIpc) is 2.20. The summed E-state index contributed by atoms with van der Waals surface area (Å²) < 4.78 is 0. The van der Waals surface area contributed by atoms with Gasteiger partial charge in [0.25, 0.3) is 0 Å². The van der Waals surface area contributed by atoms with E-state index in [-0.39, 0.29) is 12.6 Å². The number of aliphatic hydroxyl groups is 1. The second-order valence-electron chi connectivity index (χ2n) is 4.09. The third-order valence-electron chi connectivity index (χ3n) is 2.34. The first-order valence-electron chi connectivity index (χ1n) is 5.29. The molecule has 0 bridgehead atoms. The summed E-state index contributed by atoms with van der Waals surface area (Å²) in [4.78, 5) is 8.36. The number of hydrogen-bond donors (Lipinski definition) is 2. The molecular formula is C11H19N3O. The van der Waals surface area contributed by atoms with Crippen molar-refractivity contribution in [1.82, 2.24) is 9.97 Å². The molecule has 4 nitrogen and oxygen atoms in total. The summed E-state index contributed by atoms with van der Waals surface area (Å²) in [6, 6.07) is 0.220. The lowest BCUT2D eigenvalue weighted by molar-refractivity contribution is 0.267. The van der Waals surface area contributed by atoms with Crippen molar-refractivity contribution in [3.8, 4) is 0 Å². The molecule has 1 atom stereocenters. The molecule has 0 fully saturated rings. The van der Waals surface area contributed by atoms with Gasteiger partial charge >= 0.3 is 0 Å². The Kier molecular flexibility index (Phi) is 4.49. The van der Waals surface area contributed by atoms with Crippen molar-refractivity contribution >= 4 is 5.95 Å². The fraction of sp³-hybridized carbons (Fsp3) is 0.636. The van der Waals surface area contributed by atoms with Crippen molar-refractivity contribution in [2.45, 2.75) is 33.2 Å². The smallest absolute Gasteiger partial charge is 0.222 e. The highest BCUT2D eigenvalue weighted by Gasteiger charge is 2.13. The number of aliphatic hydroxyl groups excluding tert-OH is 1. The van der Waals surface area contributed by atoms with Crippen LogP contribution in [-0.2, 0) is 0 Å². The van der Waals surface area contributed by atoms with Crippen LogP contribution in [-0.4, -0.2) is 27.7 Å². The molecule has 0 saturated carbocycles. The van der Waals surface area contributed by atoms with Crippen LogP contribution in [0.15, 0.2) is 12.4 Å². The molecule has 1 aromatic heterocycles. The number of aromatic nitrogens is 2. The number of anilines is 1. The van der Waals surface area contributed by atoms with E-state index in [4.69, 9.17) is 5.11 Å². The maximum atomic E-state index is 8.93. The van der Waals surface area contributed by atoms with E-state index in [9.17, 15) is 0 Å². The summed E-state index contributed by atoms with van der Waals surface area (Å²) in [5.41, 5.74) is 1.05. The van der Waals surface area contributed by atoms with Crippen LogP contribution in [0.2, 0.25) is 0 Å². The molecule has 0 aromatic carbocycles. The van der Waals surface area contributed by atoms with Crippen LogP contribution in [0.3, 0.4) is 0 Å². The van der Waals surface area contributed by atoms with Gasteiger partial charge in [0.05, 0.1) is 0 Å². The van der Waals surface area contributed by atoms with Gasteiger partial charge in [-0.2, -0.15) is 0 Å². The standard InChI is InChI=1S/C11H19N3O/c1-8(2)10(4-5-15)14-11-12-6-9(3)7-13-11/h6-8,10,15H,4-5H2,1-3H3,(H,12,13,14). The van der Waals surface area contributed by atoms with Crippen LogP contribution in [0.25, 0.3) is 0 Å². The van der Waals surface area contributed by atoms with E-state index in [1.165, 1.54) is 0 Å². The number of hydrogen-bond acceptors (Lipinski definition) is 4. The molecule has 1 rings (SSSR count). The number of aryl methyl sites for hydroxylation is 1. The SMILES string of the molecule is Cc1cnc(NC(CCO)C(C)C)nc1. The summed E-state index contributed by atoms with van der Waals surface area (Å²) in [5.74, 6) is 1.08. The quantitative estimate of drug-likeness (QED) is 0.773. The zero-order valence-electron chi connectivity index (χ0n) is 9.57. The van der Waals surface area contributed by atoms with Crippen LogP contribution < -0.4 is 5.32 Å². The van der Waals surface area contributed by atoms with Crippen molar-refractivity contribution < 1.29 is 5.11 Å². The maximum Gasteiger partial charge on any atom is 0.222 e. The molecule has 0 aliphatic rings. The molecule has 0 spiro atoms. The van der Waals surface area contributed by atoms with E-state index >= 15 is 0 Å². The van der Waals surface area contributed by atoms with Gasteiger partial charge in [0, 0.05) is 25.0 Å². The Balaban J connectivity index is 2.61. The zero-order chi connectivity index (χ0) is 11.3. The molecule has 4 heteroatoms. The molecule has 1 unspecified atom stereocenters. The van der Waals surface area contributed by atoms with Crippen molar-refractivity contribution in [3.05, 3.63) is 18.0 Å². The van der Waals surface area contributed by atoms with Crippen molar-refractivity contribution in [3.63, 3.8) is 0 Å². The van der Waals surface area contributed by atoms with Gasteiger partial charge in [0.2, 0.25) is 5.95 Å². The van der Waals surface area contributed by atoms with Gasteiger partial charge in [-0.15, -0.1) is 0 Å². The molecule has 0 radical (unpaired) electrons. The van der Waals surface area contributed by atoms with Gasteiger partial charge in [-0.3, -0.25) is 0 Å². The van der Waals surface area contributed by atoms with Gasteiger partial charge in [-0.25, -0.2) is 9.97 Å². The zero-order valence-corrected chi connectivity index (χ0v) is 9.57. The van der Waals surface area contributed by atoms with E-state index in [2.05, 4.69) is 29.1 Å². The fourth-order valence-electron chi connectivity index (χ4n) is 1.34. The normalized spacial score (nSPS) is 12.9. The molecule has 0 aliphatic carbocycles. The third kappa shape index (κ3) is 3.83. The van der Waals surface area contributed by atoms with Crippen LogP contribution in [0.5, 0.6) is 0 Å². The second-order valence-corrected chi connectivity index (χ2v) is 4.09. The predicted octanol–water partition coefficient (Wildman–Crippen LogP) is 1.60. The molecule has 15 heavy (non-hydrogen) atoms. The Morgan fingerprint density at radius 2 is 1.93 bits per heavy atom. The molecular weight excluding hydrogens is 190 g/mol. The molecule has 2 N–H and O–H groups in total. The Labute approximate surface area is 90.8 Å². The highest BCUT2D eigenvalue weighted by Crippen LogP contribution is 2.11. The lowest BCUT2D eigenvalue weighted by atomic mass is 10.0. The minimum absolute atomic E-state index is 0.182. The van der Waals surface area contributed by atoms with Crippen molar-refractivity contribution in [2.24, 2.45) is 5.92 Å². The Morgan fingerprint density at radius 1 is 1.33 bits per heavy atom. The van der Waals surface area contributed by atoms with Gasteiger partial charge in [-0.1, -0.05) is 13.8 Å². The predicted molar refractivity (Wildman–Crippen MR) is 60.7 cm³/mol. The number of nitrogens with zero attached hydrogens (tertiary/aromatic N) is 2. The minimum atomic E-state index is 0.182. The molecule has 1 heterocycles. The van der Waals surface area contributed by atoms with E-state index in [1.54, 1.807) is 12.4 Å². The average molecular weight is 209 g/mol. The molecule has 0 saturated heterocycles. The van der Waals surface area contributed by atoms with Crippen LogP contribution in [0, 0.1) is 12.8 Å². The van der Waals surface area contributed by atoms with Gasteiger partial charge in [0.15, 0.2) is 0 Å². The third-order valence-corrected chi connectivity index (χ3v) is 2.34. The number of nitrogens with one attached hydrogen (secondary N) is 1. The fourth-order valence-corrected chi connectivity index (χ4v) is 1.34. The summed E-state index contributed by atoms with van der Waals surface area (Å²) in [5, 5.41) is 12.2. The monoisotopic (exact) mass is 209 g/mol. The largest absolute Gasteiger partial charge is 0.396 e.